The highest BCUT2D eigenvalue weighted by atomic mass is 15.1. The van der Waals surface area contributed by atoms with Gasteiger partial charge in [0.1, 0.15) is 11.6 Å². The Hall–Kier alpha value is -3.50. The fourth-order valence-corrected chi connectivity index (χ4v) is 5.02. The molecule has 1 atom stereocenters. The number of benzene rings is 3. The van der Waals surface area contributed by atoms with Crippen molar-refractivity contribution in [2.24, 2.45) is 0 Å². The van der Waals surface area contributed by atoms with Crippen molar-refractivity contribution in [2.75, 3.05) is 6.54 Å². The zero-order valence-corrected chi connectivity index (χ0v) is 19.3. The number of rotatable bonds is 2. The Morgan fingerprint density at radius 3 is 2.03 bits per heavy atom. The van der Waals surface area contributed by atoms with E-state index in [1.165, 1.54) is 32.9 Å². The van der Waals surface area contributed by atoms with Crippen LogP contribution in [0.25, 0.3) is 27.6 Å². The molecule has 0 saturated carbocycles. The minimum Gasteiger partial charge on any atom is -0.311 e. The van der Waals surface area contributed by atoms with E-state index in [9.17, 15) is 0 Å². The summed E-state index contributed by atoms with van der Waals surface area (Å²) in [5.41, 5.74) is 5.83. The van der Waals surface area contributed by atoms with Crippen LogP contribution in [0.2, 0.25) is 0 Å². The molecular formula is C29H28N4. The van der Waals surface area contributed by atoms with Gasteiger partial charge in [-0.15, -0.1) is 0 Å². The summed E-state index contributed by atoms with van der Waals surface area (Å²) in [6.07, 6.45) is 0. The second-order valence-electron chi connectivity index (χ2n) is 9.95. The molecule has 0 saturated heterocycles. The van der Waals surface area contributed by atoms with Crippen LogP contribution in [-0.4, -0.2) is 21.1 Å². The molecule has 3 heterocycles. The van der Waals surface area contributed by atoms with Crippen LogP contribution in [-0.2, 0) is 12.0 Å². The van der Waals surface area contributed by atoms with Gasteiger partial charge in [-0.25, -0.2) is 9.97 Å². The number of aromatic nitrogens is 3. The maximum absolute atomic E-state index is 5.24. The van der Waals surface area contributed by atoms with E-state index in [1.807, 2.05) is 0 Å². The van der Waals surface area contributed by atoms with Gasteiger partial charge in [0.15, 0.2) is 0 Å². The highest BCUT2D eigenvalue weighted by molar-refractivity contribution is 6.09. The second-order valence-corrected chi connectivity index (χ2v) is 9.95. The minimum absolute atomic E-state index is 0.158. The molecule has 0 aliphatic carbocycles. The average Bonchev–Trinajstić information content (AvgIpc) is 3.17. The maximum Gasteiger partial charge on any atom is 0.146 e. The van der Waals surface area contributed by atoms with E-state index in [4.69, 9.17) is 9.97 Å². The SMILES string of the molecule is CC(C)(C)c1nc2c(c(-n3c4ccccc4c4ccccc43)n1)CNCC2c1ccccc1. The quantitative estimate of drug-likeness (QED) is 0.366. The third-order valence-electron chi connectivity index (χ3n) is 6.66. The molecule has 1 aliphatic heterocycles. The zero-order chi connectivity index (χ0) is 22.6. The van der Waals surface area contributed by atoms with Gasteiger partial charge in [0.05, 0.1) is 16.7 Å². The number of nitrogens with zero attached hydrogens (tertiary/aromatic N) is 3. The van der Waals surface area contributed by atoms with Gasteiger partial charge < -0.3 is 5.32 Å². The molecule has 5 aromatic rings. The highest BCUT2D eigenvalue weighted by Crippen LogP contribution is 2.37. The fourth-order valence-electron chi connectivity index (χ4n) is 5.02. The normalized spacial score (nSPS) is 16.3. The van der Waals surface area contributed by atoms with Crippen LogP contribution in [0.1, 0.15) is 49.3 Å². The topological polar surface area (TPSA) is 42.7 Å². The molecule has 3 aromatic carbocycles. The van der Waals surface area contributed by atoms with Gasteiger partial charge in [-0.1, -0.05) is 87.5 Å². The summed E-state index contributed by atoms with van der Waals surface area (Å²) in [6.45, 7) is 8.23. The molecule has 0 amide bonds. The molecule has 4 nitrogen and oxygen atoms in total. The van der Waals surface area contributed by atoms with E-state index >= 15 is 0 Å². The summed E-state index contributed by atoms with van der Waals surface area (Å²) >= 11 is 0. The minimum atomic E-state index is -0.158. The van der Waals surface area contributed by atoms with Crippen molar-refractivity contribution in [3.8, 4) is 5.82 Å². The largest absolute Gasteiger partial charge is 0.311 e. The van der Waals surface area contributed by atoms with Gasteiger partial charge in [0.25, 0.3) is 0 Å². The van der Waals surface area contributed by atoms with Crippen LogP contribution < -0.4 is 5.32 Å². The standard InChI is InChI=1S/C29H28N4/c1-29(2,3)28-31-26-22(19-11-5-4-6-12-19)17-30-18-23(26)27(32-28)33-24-15-9-7-13-20(24)21-14-8-10-16-25(21)33/h4-16,22,30H,17-18H2,1-3H3. The van der Waals surface area contributed by atoms with Crippen molar-refractivity contribution >= 4 is 21.8 Å². The Labute approximate surface area is 194 Å². The predicted molar refractivity (Wildman–Crippen MR) is 135 cm³/mol. The van der Waals surface area contributed by atoms with E-state index < -0.39 is 0 Å². The monoisotopic (exact) mass is 432 g/mol. The first-order valence-corrected chi connectivity index (χ1v) is 11.7. The van der Waals surface area contributed by atoms with E-state index in [0.717, 1.165) is 30.4 Å². The third-order valence-corrected chi connectivity index (χ3v) is 6.66. The lowest BCUT2D eigenvalue weighted by molar-refractivity contribution is 0.515. The molecule has 164 valence electrons. The van der Waals surface area contributed by atoms with E-state index in [1.54, 1.807) is 0 Å². The third kappa shape index (κ3) is 3.25. The van der Waals surface area contributed by atoms with Gasteiger partial charge in [-0.3, -0.25) is 4.57 Å². The molecular weight excluding hydrogens is 404 g/mol. The molecule has 33 heavy (non-hydrogen) atoms. The summed E-state index contributed by atoms with van der Waals surface area (Å²) in [4.78, 5) is 10.4. The lowest BCUT2D eigenvalue weighted by Gasteiger charge is -2.30. The molecule has 1 unspecified atom stereocenters. The van der Waals surface area contributed by atoms with Crippen molar-refractivity contribution in [2.45, 2.75) is 38.6 Å². The molecule has 0 bridgehead atoms. The van der Waals surface area contributed by atoms with E-state index in [-0.39, 0.29) is 11.3 Å². The molecule has 1 N–H and O–H groups in total. The lowest BCUT2D eigenvalue weighted by Crippen LogP contribution is -2.33. The van der Waals surface area contributed by atoms with E-state index in [0.29, 0.717) is 0 Å². The summed E-state index contributed by atoms with van der Waals surface area (Å²) in [5, 5.41) is 6.15. The molecule has 0 spiro atoms. The Morgan fingerprint density at radius 1 is 0.788 bits per heavy atom. The summed E-state index contributed by atoms with van der Waals surface area (Å²) in [7, 11) is 0. The molecule has 6 rings (SSSR count). The van der Waals surface area contributed by atoms with Crippen molar-refractivity contribution in [1.82, 2.24) is 19.9 Å². The number of para-hydroxylation sites is 2. The molecule has 0 fully saturated rings. The molecule has 1 aliphatic rings. The van der Waals surface area contributed by atoms with Crippen molar-refractivity contribution in [3.05, 3.63) is 102 Å². The first kappa shape index (κ1) is 20.1. The van der Waals surface area contributed by atoms with Gasteiger partial charge >= 0.3 is 0 Å². The van der Waals surface area contributed by atoms with Crippen molar-refractivity contribution in [3.63, 3.8) is 0 Å². The first-order valence-electron chi connectivity index (χ1n) is 11.7. The van der Waals surface area contributed by atoms with E-state index in [2.05, 4.69) is 110 Å². The van der Waals surface area contributed by atoms with Crippen LogP contribution in [0.3, 0.4) is 0 Å². The van der Waals surface area contributed by atoms with Crippen LogP contribution in [0.5, 0.6) is 0 Å². The van der Waals surface area contributed by atoms with Gasteiger partial charge in [0, 0.05) is 40.8 Å². The lowest BCUT2D eigenvalue weighted by atomic mass is 9.88. The summed E-state index contributed by atoms with van der Waals surface area (Å²) in [5.74, 6) is 2.09. The number of hydrogen-bond acceptors (Lipinski definition) is 3. The Bertz CT molecular complexity index is 1420. The Kier molecular flexibility index (Phi) is 4.59. The Balaban J connectivity index is 1.71. The summed E-state index contributed by atoms with van der Waals surface area (Å²) in [6, 6.07) is 28.0. The van der Waals surface area contributed by atoms with Crippen LogP contribution in [0.4, 0.5) is 0 Å². The van der Waals surface area contributed by atoms with Gasteiger partial charge in [-0.2, -0.15) is 0 Å². The number of hydrogen-bond donors (Lipinski definition) is 1. The van der Waals surface area contributed by atoms with Crippen molar-refractivity contribution in [1.29, 1.82) is 0 Å². The maximum atomic E-state index is 5.24. The predicted octanol–water partition coefficient (Wildman–Crippen LogP) is 6.11. The van der Waals surface area contributed by atoms with Crippen molar-refractivity contribution < 1.29 is 0 Å². The van der Waals surface area contributed by atoms with Crippen LogP contribution in [0, 0.1) is 0 Å². The first-order chi connectivity index (χ1) is 16.0. The second kappa shape index (κ2) is 7.53. The number of fused-ring (bicyclic) bond motifs is 4. The fraction of sp³-hybridized carbons (Fsp3) is 0.241. The van der Waals surface area contributed by atoms with Crippen LogP contribution >= 0.6 is 0 Å². The Morgan fingerprint density at radius 2 is 1.39 bits per heavy atom. The average molecular weight is 433 g/mol. The highest BCUT2D eigenvalue weighted by Gasteiger charge is 2.31. The van der Waals surface area contributed by atoms with Gasteiger partial charge in [-0.05, 0) is 17.7 Å². The molecule has 2 aromatic heterocycles. The molecule has 4 heteroatoms. The summed E-state index contributed by atoms with van der Waals surface area (Å²) < 4.78 is 2.34. The smallest absolute Gasteiger partial charge is 0.146 e. The number of nitrogens with one attached hydrogen (secondary N) is 1. The van der Waals surface area contributed by atoms with Gasteiger partial charge in [0.2, 0.25) is 0 Å². The zero-order valence-electron chi connectivity index (χ0n) is 19.3. The molecule has 0 radical (unpaired) electrons. The van der Waals surface area contributed by atoms with Crippen LogP contribution in [0.15, 0.2) is 78.9 Å².